The molecule has 3 rings (SSSR count). The minimum Gasteiger partial charge on any atom is -0.331 e. The maximum atomic E-state index is 12.3. The van der Waals surface area contributed by atoms with Crippen LogP contribution in [0.25, 0.3) is 0 Å². The maximum absolute atomic E-state index is 12.3. The third-order valence-electron chi connectivity index (χ3n) is 3.82. The average Bonchev–Trinajstić information content (AvgIpc) is 2.78. The van der Waals surface area contributed by atoms with Crippen LogP contribution in [0.5, 0.6) is 0 Å². The van der Waals surface area contributed by atoms with Crippen molar-refractivity contribution in [2.75, 3.05) is 16.1 Å². The van der Waals surface area contributed by atoms with E-state index < -0.39 is 0 Å². The molecule has 0 fully saturated rings. The van der Waals surface area contributed by atoms with Gasteiger partial charge in [-0.1, -0.05) is 36.4 Å². The Bertz CT molecular complexity index is 997. The maximum Gasteiger partial charge on any atom is 0.269 e. The van der Waals surface area contributed by atoms with E-state index in [1.165, 1.54) is 0 Å². The molecule has 0 aliphatic heterocycles. The highest BCUT2D eigenvalue weighted by Crippen LogP contribution is 2.09. The third-order valence-corrected chi connectivity index (χ3v) is 4.23. The summed E-state index contributed by atoms with van der Waals surface area (Å²) in [5.41, 5.74) is 14.0. The van der Waals surface area contributed by atoms with E-state index in [-0.39, 0.29) is 11.0 Å². The summed E-state index contributed by atoms with van der Waals surface area (Å²) in [4.78, 5) is 12.3. The molecule has 30 heavy (non-hydrogen) atoms. The van der Waals surface area contributed by atoms with Gasteiger partial charge in [0, 0.05) is 16.9 Å². The van der Waals surface area contributed by atoms with Crippen molar-refractivity contribution < 1.29 is 4.79 Å². The molecule has 7 nitrogen and oxygen atoms in total. The van der Waals surface area contributed by atoms with E-state index in [0.717, 1.165) is 17.1 Å². The van der Waals surface area contributed by atoms with Crippen LogP contribution in [0.2, 0.25) is 0 Å². The highest BCUT2D eigenvalue weighted by atomic mass is 32.1. The Kier molecular flexibility index (Phi) is 7.53. The van der Waals surface area contributed by atoms with Crippen molar-refractivity contribution in [3.8, 4) is 0 Å². The lowest BCUT2D eigenvalue weighted by molar-refractivity contribution is 0.0944. The van der Waals surface area contributed by atoms with E-state index in [2.05, 4.69) is 32.3 Å². The number of carbonyl (C=O) groups is 1. The number of rotatable bonds is 5. The number of thiocarbonyl (C=S) groups is 2. The highest BCUT2D eigenvalue weighted by molar-refractivity contribution is 7.80. The van der Waals surface area contributed by atoms with Gasteiger partial charge in [-0.05, 0) is 73.0 Å². The molecule has 0 unspecified atom stereocenters. The Morgan fingerprint density at radius 3 is 1.60 bits per heavy atom. The van der Waals surface area contributed by atoms with Crippen molar-refractivity contribution >= 4 is 57.6 Å². The van der Waals surface area contributed by atoms with Crippen LogP contribution in [-0.4, -0.2) is 16.1 Å². The van der Waals surface area contributed by atoms with Gasteiger partial charge in [0.1, 0.15) is 0 Å². The summed E-state index contributed by atoms with van der Waals surface area (Å²) in [5, 5.41) is 6.74. The molecule has 0 aromatic heterocycles. The van der Waals surface area contributed by atoms with E-state index in [0.29, 0.717) is 10.7 Å². The number of carbonyl (C=O) groups excluding carboxylic acids is 1. The lowest BCUT2D eigenvalue weighted by Crippen LogP contribution is -2.43. The number of hydrogen-bond acceptors (Lipinski definition) is 4. The standard InChI is InChI=1S/C21H20N6OS2/c28-19(25-27-21(30)23-17-9-5-2-6-10-17)15-11-13-18(14-12-15)24-26-20(29)22-16-7-3-1-4-8-16/h1-14,24H,(H,25,28)(H2,22,26,29)(H2,23,27,30). The fraction of sp³-hybridized carbons (Fsp3) is 0. The zero-order valence-electron chi connectivity index (χ0n) is 15.8. The summed E-state index contributed by atoms with van der Waals surface area (Å²) in [5.74, 6) is -0.312. The average molecular weight is 437 g/mol. The number of hydrogen-bond donors (Lipinski definition) is 6. The molecule has 3 aromatic carbocycles. The molecule has 0 spiro atoms. The smallest absolute Gasteiger partial charge is 0.269 e. The SMILES string of the molecule is O=C(NNC(=S)Nc1ccccc1)c1ccc(NNC(=S)Nc2ccccc2)cc1. The number of nitrogens with one attached hydrogen (secondary N) is 6. The molecule has 0 bridgehead atoms. The molecular formula is C21H20N6OS2. The summed E-state index contributed by atoms with van der Waals surface area (Å²) in [6.07, 6.45) is 0. The van der Waals surface area contributed by atoms with Gasteiger partial charge in [-0.2, -0.15) is 0 Å². The second-order valence-electron chi connectivity index (χ2n) is 6.05. The Morgan fingerprint density at radius 1 is 0.567 bits per heavy atom. The molecule has 0 heterocycles. The molecule has 0 aliphatic rings. The van der Waals surface area contributed by atoms with Gasteiger partial charge in [0.25, 0.3) is 5.91 Å². The number of hydrazine groups is 2. The zero-order chi connectivity index (χ0) is 21.2. The van der Waals surface area contributed by atoms with E-state index >= 15 is 0 Å². The van der Waals surface area contributed by atoms with Crippen molar-refractivity contribution in [1.82, 2.24) is 16.3 Å². The minimum absolute atomic E-state index is 0.288. The quantitative estimate of drug-likeness (QED) is 0.267. The first-order valence-electron chi connectivity index (χ1n) is 9.01. The van der Waals surface area contributed by atoms with Crippen molar-refractivity contribution in [3.05, 3.63) is 90.5 Å². The molecule has 1 amide bonds. The van der Waals surface area contributed by atoms with Crippen LogP contribution >= 0.6 is 24.4 Å². The second kappa shape index (κ2) is 10.7. The number of anilines is 3. The summed E-state index contributed by atoms with van der Waals surface area (Å²) in [6, 6.07) is 25.9. The van der Waals surface area contributed by atoms with Gasteiger partial charge in [0.05, 0.1) is 5.69 Å². The molecule has 0 atom stereocenters. The molecule has 9 heteroatoms. The Balaban J connectivity index is 1.42. The number of para-hydroxylation sites is 2. The lowest BCUT2D eigenvalue weighted by atomic mass is 10.2. The molecule has 3 aromatic rings. The van der Waals surface area contributed by atoms with Gasteiger partial charge in [-0.3, -0.25) is 26.5 Å². The van der Waals surface area contributed by atoms with Gasteiger partial charge >= 0.3 is 0 Å². The summed E-state index contributed by atoms with van der Waals surface area (Å²) in [6.45, 7) is 0. The van der Waals surface area contributed by atoms with Crippen LogP contribution in [0.15, 0.2) is 84.9 Å². The van der Waals surface area contributed by atoms with Crippen LogP contribution < -0.4 is 32.3 Å². The van der Waals surface area contributed by atoms with Crippen LogP contribution in [0.3, 0.4) is 0 Å². The van der Waals surface area contributed by atoms with Crippen LogP contribution in [0.4, 0.5) is 17.1 Å². The van der Waals surface area contributed by atoms with Gasteiger partial charge < -0.3 is 10.6 Å². The molecule has 0 saturated carbocycles. The van der Waals surface area contributed by atoms with Crippen molar-refractivity contribution in [2.24, 2.45) is 0 Å². The zero-order valence-corrected chi connectivity index (χ0v) is 17.4. The normalized spacial score (nSPS) is 9.73. The van der Waals surface area contributed by atoms with Gasteiger partial charge in [0.2, 0.25) is 0 Å². The summed E-state index contributed by atoms with van der Waals surface area (Å²) >= 11 is 10.4. The molecule has 0 radical (unpaired) electrons. The van der Waals surface area contributed by atoms with Gasteiger partial charge in [0.15, 0.2) is 10.2 Å². The monoisotopic (exact) mass is 436 g/mol. The van der Waals surface area contributed by atoms with Crippen molar-refractivity contribution in [3.63, 3.8) is 0 Å². The van der Waals surface area contributed by atoms with Gasteiger partial charge in [-0.15, -0.1) is 0 Å². The van der Waals surface area contributed by atoms with E-state index in [1.807, 2.05) is 60.7 Å². The fourth-order valence-electron chi connectivity index (χ4n) is 2.39. The van der Waals surface area contributed by atoms with Gasteiger partial charge in [-0.25, -0.2) is 0 Å². The molecule has 0 aliphatic carbocycles. The van der Waals surface area contributed by atoms with Crippen LogP contribution in [0.1, 0.15) is 10.4 Å². The van der Waals surface area contributed by atoms with Crippen LogP contribution in [0, 0.1) is 0 Å². The Labute approximate surface area is 185 Å². The van der Waals surface area contributed by atoms with Crippen LogP contribution in [-0.2, 0) is 0 Å². The minimum atomic E-state index is -0.312. The van der Waals surface area contributed by atoms with E-state index in [4.69, 9.17) is 24.4 Å². The number of amides is 1. The predicted molar refractivity (Wildman–Crippen MR) is 129 cm³/mol. The van der Waals surface area contributed by atoms with E-state index in [1.54, 1.807) is 24.3 Å². The Hall–Kier alpha value is -3.69. The molecule has 0 saturated heterocycles. The molecule has 6 N–H and O–H groups in total. The first-order valence-corrected chi connectivity index (χ1v) is 9.82. The summed E-state index contributed by atoms with van der Waals surface area (Å²) in [7, 11) is 0. The lowest BCUT2D eigenvalue weighted by Gasteiger charge is -2.13. The highest BCUT2D eigenvalue weighted by Gasteiger charge is 2.06. The topological polar surface area (TPSA) is 89.2 Å². The van der Waals surface area contributed by atoms with E-state index in [9.17, 15) is 4.79 Å². The predicted octanol–water partition coefficient (Wildman–Crippen LogP) is 3.63. The first kappa shape index (κ1) is 21.0. The second-order valence-corrected chi connectivity index (χ2v) is 6.86. The molecule has 152 valence electrons. The first-order chi connectivity index (χ1) is 14.6. The fourth-order valence-corrected chi connectivity index (χ4v) is 2.72. The Morgan fingerprint density at radius 2 is 1.07 bits per heavy atom. The summed E-state index contributed by atoms with van der Waals surface area (Å²) < 4.78 is 0. The largest absolute Gasteiger partial charge is 0.331 e. The number of benzene rings is 3. The van der Waals surface area contributed by atoms with Crippen molar-refractivity contribution in [2.45, 2.75) is 0 Å². The van der Waals surface area contributed by atoms with Crippen molar-refractivity contribution in [1.29, 1.82) is 0 Å². The third kappa shape index (κ3) is 6.73. The molecular weight excluding hydrogens is 416 g/mol.